The van der Waals surface area contributed by atoms with E-state index in [9.17, 15) is 4.79 Å². The molecule has 0 saturated carbocycles. The summed E-state index contributed by atoms with van der Waals surface area (Å²) in [5.74, 6) is -0.179. The van der Waals surface area contributed by atoms with E-state index in [2.05, 4.69) is 15.3 Å². The maximum atomic E-state index is 12.5. The number of nitrogens with one attached hydrogen (secondary N) is 1. The van der Waals surface area contributed by atoms with E-state index in [-0.39, 0.29) is 12.0 Å². The van der Waals surface area contributed by atoms with Gasteiger partial charge in [0.1, 0.15) is 9.88 Å². The zero-order valence-corrected chi connectivity index (χ0v) is 16.7. The third kappa shape index (κ3) is 5.95. The summed E-state index contributed by atoms with van der Waals surface area (Å²) in [7, 11) is 0. The van der Waals surface area contributed by atoms with Gasteiger partial charge in [0.15, 0.2) is 0 Å². The van der Waals surface area contributed by atoms with Crippen LogP contribution in [0.15, 0.2) is 55.0 Å². The first-order chi connectivity index (χ1) is 13.6. The van der Waals surface area contributed by atoms with Crippen LogP contribution in [-0.4, -0.2) is 35.2 Å². The number of ether oxygens (including phenoxy) is 2. The van der Waals surface area contributed by atoms with E-state index in [1.165, 1.54) is 11.3 Å². The predicted octanol–water partition coefficient (Wildman–Crippen LogP) is 4.40. The summed E-state index contributed by atoms with van der Waals surface area (Å²) in [5.41, 5.74) is 2.66. The largest absolute Gasteiger partial charge is 0.376 e. The average molecular weight is 398 g/mol. The molecule has 0 aliphatic heterocycles. The van der Waals surface area contributed by atoms with Gasteiger partial charge in [0.25, 0.3) is 5.91 Å². The number of benzene rings is 1. The fourth-order valence-corrected chi connectivity index (χ4v) is 3.29. The molecule has 0 bridgehead atoms. The number of thiazole rings is 1. The van der Waals surface area contributed by atoms with E-state index in [1.807, 2.05) is 50.2 Å². The van der Waals surface area contributed by atoms with Crippen LogP contribution >= 0.6 is 11.3 Å². The molecule has 2 heterocycles. The van der Waals surface area contributed by atoms with Crippen molar-refractivity contribution in [3.63, 3.8) is 0 Å². The highest BCUT2D eigenvalue weighted by Gasteiger charge is 2.12. The lowest BCUT2D eigenvalue weighted by Crippen LogP contribution is -2.11. The van der Waals surface area contributed by atoms with Gasteiger partial charge in [-0.25, -0.2) is 4.98 Å². The summed E-state index contributed by atoms with van der Waals surface area (Å²) >= 11 is 1.35. The van der Waals surface area contributed by atoms with Crippen LogP contribution < -0.4 is 5.32 Å². The van der Waals surface area contributed by atoms with E-state index >= 15 is 0 Å². The Morgan fingerprint density at radius 3 is 2.79 bits per heavy atom. The molecule has 1 N–H and O–H groups in total. The summed E-state index contributed by atoms with van der Waals surface area (Å²) in [6, 6.07) is 11.4. The molecular weight excluding hydrogens is 374 g/mol. The Kier molecular flexibility index (Phi) is 7.25. The third-order valence-electron chi connectivity index (χ3n) is 3.79. The highest BCUT2D eigenvalue weighted by atomic mass is 32.1. The second-order valence-electron chi connectivity index (χ2n) is 6.39. The average Bonchev–Trinajstić information content (AvgIpc) is 3.19. The molecule has 0 radical (unpaired) electrons. The normalized spacial score (nSPS) is 11.0. The van der Waals surface area contributed by atoms with Crippen LogP contribution in [0.4, 0.5) is 5.69 Å². The van der Waals surface area contributed by atoms with Crippen LogP contribution in [-0.2, 0) is 16.1 Å². The lowest BCUT2D eigenvalue weighted by atomic mass is 10.2. The SMILES string of the molecule is CC(C)OCCOCc1cccc(NC(=O)c2cnc(-c3ccncc3)s2)c1. The Balaban J connectivity index is 1.55. The number of carbonyl (C=O) groups excluding carboxylic acids is 1. The van der Waals surface area contributed by atoms with Gasteiger partial charge in [-0.15, -0.1) is 11.3 Å². The van der Waals surface area contributed by atoms with E-state index in [4.69, 9.17) is 9.47 Å². The fourth-order valence-electron chi connectivity index (χ4n) is 2.47. The molecule has 0 saturated heterocycles. The number of hydrogen-bond donors (Lipinski definition) is 1. The third-order valence-corrected chi connectivity index (χ3v) is 4.83. The molecule has 1 aromatic carbocycles. The minimum Gasteiger partial charge on any atom is -0.376 e. The maximum absolute atomic E-state index is 12.5. The van der Waals surface area contributed by atoms with Crippen LogP contribution in [0.3, 0.4) is 0 Å². The highest BCUT2D eigenvalue weighted by molar-refractivity contribution is 7.17. The van der Waals surface area contributed by atoms with Crippen LogP contribution in [0, 0.1) is 0 Å². The molecular formula is C21H23N3O3S. The summed E-state index contributed by atoms with van der Waals surface area (Å²) in [5, 5.41) is 3.71. The number of anilines is 1. The Bertz CT molecular complexity index is 897. The topological polar surface area (TPSA) is 73.3 Å². The Labute approximate surface area is 168 Å². The maximum Gasteiger partial charge on any atom is 0.267 e. The zero-order valence-electron chi connectivity index (χ0n) is 15.9. The van der Waals surface area contributed by atoms with Gasteiger partial charge >= 0.3 is 0 Å². The van der Waals surface area contributed by atoms with Gasteiger partial charge in [-0.3, -0.25) is 9.78 Å². The van der Waals surface area contributed by atoms with Gasteiger partial charge in [0.2, 0.25) is 0 Å². The predicted molar refractivity (Wildman–Crippen MR) is 110 cm³/mol. The van der Waals surface area contributed by atoms with Crippen molar-refractivity contribution in [3.05, 3.63) is 65.4 Å². The monoisotopic (exact) mass is 397 g/mol. The van der Waals surface area contributed by atoms with Gasteiger partial charge in [-0.1, -0.05) is 12.1 Å². The molecule has 3 aromatic rings. The minimum atomic E-state index is -0.179. The summed E-state index contributed by atoms with van der Waals surface area (Å²) in [4.78, 5) is 21.4. The molecule has 6 nitrogen and oxygen atoms in total. The first-order valence-corrected chi connectivity index (χ1v) is 9.89. The van der Waals surface area contributed by atoms with E-state index in [1.54, 1.807) is 18.6 Å². The molecule has 0 aliphatic rings. The summed E-state index contributed by atoms with van der Waals surface area (Å²) < 4.78 is 11.1. The first kappa shape index (κ1) is 20.1. The molecule has 0 fully saturated rings. The number of nitrogens with zero attached hydrogens (tertiary/aromatic N) is 2. The van der Waals surface area contributed by atoms with Crippen LogP contribution in [0.25, 0.3) is 10.6 Å². The number of hydrogen-bond acceptors (Lipinski definition) is 6. The van der Waals surface area contributed by atoms with E-state index < -0.39 is 0 Å². The van der Waals surface area contributed by atoms with Crippen molar-refractivity contribution < 1.29 is 14.3 Å². The van der Waals surface area contributed by atoms with Crippen molar-refractivity contribution in [2.75, 3.05) is 18.5 Å². The molecule has 28 heavy (non-hydrogen) atoms. The summed E-state index contributed by atoms with van der Waals surface area (Å²) in [6.45, 7) is 5.56. The zero-order chi connectivity index (χ0) is 19.8. The van der Waals surface area contributed by atoms with Gasteiger partial charge in [0.05, 0.1) is 32.1 Å². The molecule has 3 rings (SSSR count). The van der Waals surface area contributed by atoms with Gasteiger partial charge < -0.3 is 14.8 Å². The molecule has 0 unspecified atom stereocenters. The quantitative estimate of drug-likeness (QED) is 0.542. The molecule has 0 atom stereocenters. The molecule has 146 valence electrons. The van der Waals surface area contributed by atoms with Crippen molar-refractivity contribution in [2.24, 2.45) is 0 Å². The van der Waals surface area contributed by atoms with Crippen LogP contribution in [0.1, 0.15) is 29.1 Å². The second kappa shape index (κ2) is 10.1. The first-order valence-electron chi connectivity index (χ1n) is 9.07. The number of amides is 1. The molecule has 1 amide bonds. The van der Waals surface area contributed by atoms with Crippen LogP contribution in [0.5, 0.6) is 0 Å². The number of aromatic nitrogens is 2. The number of rotatable bonds is 9. The number of carbonyl (C=O) groups is 1. The standard InChI is InChI=1S/C21H23N3O3S/c1-15(2)27-11-10-26-14-16-4-3-5-18(12-16)24-20(25)19-13-23-21(28-19)17-6-8-22-9-7-17/h3-9,12-13,15H,10-11,14H2,1-2H3,(H,24,25). The van der Waals surface area contributed by atoms with Gasteiger partial charge in [0, 0.05) is 23.6 Å². The number of pyridine rings is 1. The van der Waals surface area contributed by atoms with Gasteiger partial charge in [-0.05, 0) is 43.7 Å². The molecule has 0 aliphatic carbocycles. The van der Waals surface area contributed by atoms with E-state index in [0.717, 1.165) is 21.8 Å². The van der Waals surface area contributed by atoms with Crippen molar-refractivity contribution >= 4 is 22.9 Å². The van der Waals surface area contributed by atoms with Gasteiger partial charge in [-0.2, -0.15) is 0 Å². The fraction of sp³-hybridized carbons (Fsp3) is 0.286. The molecule has 0 spiro atoms. The highest BCUT2D eigenvalue weighted by Crippen LogP contribution is 2.25. The molecule has 7 heteroatoms. The van der Waals surface area contributed by atoms with Crippen molar-refractivity contribution in [2.45, 2.75) is 26.6 Å². The molecule has 2 aromatic heterocycles. The second-order valence-corrected chi connectivity index (χ2v) is 7.42. The minimum absolute atomic E-state index is 0.179. The Morgan fingerprint density at radius 2 is 2.00 bits per heavy atom. The Hall–Kier alpha value is -2.61. The van der Waals surface area contributed by atoms with E-state index in [0.29, 0.717) is 24.7 Å². The van der Waals surface area contributed by atoms with Crippen molar-refractivity contribution in [3.8, 4) is 10.6 Å². The van der Waals surface area contributed by atoms with Crippen molar-refractivity contribution in [1.29, 1.82) is 0 Å². The summed E-state index contributed by atoms with van der Waals surface area (Å²) in [6.07, 6.45) is 5.21. The van der Waals surface area contributed by atoms with Crippen molar-refractivity contribution in [1.82, 2.24) is 9.97 Å². The van der Waals surface area contributed by atoms with Crippen LogP contribution in [0.2, 0.25) is 0 Å². The lowest BCUT2D eigenvalue weighted by Gasteiger charge is -2.09. The Morgan fingerprint density at radius 1 is 1.18 bits per heavy atom. The lowest BCUT2D eigenvalue weighted by molar-refractivity contribution is 0.0143. The smallest absolute Gasteiger partial charge is 0.267 e.